The van der Waals surface area contributed by atoms with Gasteiger partial charge in [0.15, 0.2) is 0 Å². The van der Waals surface area contributed by atoms with Gasteiger partial charge in [-0.1, -0.05) is 30.9 Å². The molecular formula is C12H15ClO2. The number of hydrogen-bond donors (Lipinski definition) is 2. The summed E-state index contributed by atoms with van der Waals surface area (Å²) in [4.78, 5) is 0. The summed E-state index contributed by atoms with van der Waals surface area (Å²) in [6.07, 6.45) is 0.372. The summed E-state index contributed by atoms with van der Waals surface area (Å²) in [7, 11) is 0. The molecule has 82 valence electrons. The Morgan fingerprint density at radius 2 is 2.13 bits per heavy atom. The molecule has 2 nitrogen and oxygen atoms in total. The molecule has 0 radical (unpaired) electrons. The second-order valence-corrected chi connectivity index (χ2v) is 3.74. The molecule has 0 aliphatic heterocycles. The summed E-state index contributed by atoms with van der Waals surface area (Å²) < 4.78 is 0. The van der Waals surface area contributed by atoms with Gasteiger partial charge in [-0.25, -0.2) is 0 Å². The minimum absolute atomic E-state index is 0.333. The van der Waals surface area contributed by atoms with Crippen LogP contribution < -0.4 is 0 Å². The van der Waals surface area contributed by atoms with Crippen molar-refractivity contribution in [1.82, 2.24) is 0 Å². The van der Waals surface area contributed by atoms with Crippen LogP contribution in [0, 0.1) is 0 Å². The van der Waals surface area contributed by atoms with Crippen molar-refractivity contribution in [3.05, 3.63) is 42.0 Å². The summed E-state index contributed by atoms with van der Waals surface area (Å²) in [5, 5.41) is 19.4. The fourth-order valence-corrected chi connectivity index (χ4v) is 1.59. The van der Waals surface area contributed by atoms with Gasteiger partial charge < -0.3 is 10.2 Å². The quantitative estimate of drug-likeness (QED) is 0.757. The van der Waals surface area contributed by atoms with Gasteiger partial charge in [-0.3, -0.25) is 0 Å². The van der Waals surface area contributed by atoms with Gasteiger partial charge in [-0.15, -0.1) is 11.6 Å². The monoisotopic (exact) mass is 226 g/mol. The molecule has 2 atom stereocenters. The van der Waals surface area contributed by atoms with Crippen LogP contribution in [0.4, 0.5) is 0 Å². The molecule has 0 amide bonds. The van der Waals surface area contributed by atoms with Gasteiger partial charge in [-0.05, 0) is 23.6 Å². The molecule has 0 fully saturated rings. The van der Waals surface area contributed by atoms with Crippen LogP contribution in [0.5, 0.6) is 0 Å². The van der Waals surface area contributed by atoms with E-state index >= 15 is 0 Å². The predicted molar refractivity (Wildman–Crippen MR) is 62.8 cm³/mol. The third-order valence-corrected chi connectivity index (χ3v) is 2.48. The van der Waals surface area contributed by atoms with Crippen LogP contribution in [0.25, 0.3) is 6.08 Å². The lowest BCUT2D eigenvalue weighted by Gasteiger charge is -2.17. The standard InChI is InChI=1S/C12H15ClO2/c1-2-9-4-3-5-10(8-9)12(15)11(14)6-7-13/h2-5,8,11-12,14-15H,1,6-7H2. The maximum atomic E-state index is 9.80. The molecule has 0 spiro atoms. The van der Waals surface area contributed by atoms with Crippen LogP contribution in [-0.4, -0.2) is 22.2 Å². The van der Waals surface area contributed by atoms with E-state index in [2.05, 4.69) is 6.58 Å². The highest BCUT2D eigenvalue weighted by atomic mass is 35.5. The Bertz CT molecular complexity index is 325. The van der Waals surface area contributed by atoms with E-state index < -0.39 is 12.2 Å². The number of rotatable bonds is 5. The Morgan fingerprint density at radius 3 is 2.73 bits per heavy atom. The number of aliphatic hydroxyl groups excluding tert-OH is 2. The van der Waals surface area contributed by atoms with E-state index in [0.29, 0.717) is 17.9 Å². The molecule has 1 aromatic rings. The van der Waals surface area contributed by atoms with Crippen molar-refractivity contribution in [3.63, 3.8) is 0 Å². The van der Waals surface area contributed by atoms with Crippen LogP contribution in [0.15, 0.2) is 30.8 Å². The van der Waals surface area contributed by atoms with E-state index in [9.17, 15) is 10.2 Å². The molecule has 0 aliphatic carbocycles. The molecule has 0 aromatic heterocycles. The van der Waals surface area contributed by atoms with Crippen molar-refractivity contribution in [2.75, 3.05) is 5.88 Å². The van der Waals surface area contributed by atoms with E-state index in [1.54, 1.807) is 18.2 Å². The lowest BCUT2D eigenvalue weighted by Crippen LogP contribution is -2.18. The molecule has 0 saturated heterocycles. The SMILES string of the molecule is C=Cc1cccc(C(O)C(O)CCCl)c1. The second kappa shape index (κ2) is 5.91. The lowest BCUT2D eigenvalue weighted by atomic mass is 10.0. The van der Waals surface area contributed by atoms with E-state index in [4.69, 9.17) is 11.6 Å². The number of hydrogen-bond acceptors (Lipinski definition) is 2. The first-order valence-electron chi connectivity index (χ1n) is 4.83. The minimum atomic E-state index is -0.886. The van der Waals surface area contributed by atoms with E-state index in [1.807, 2.05) is 12.1 Å². The van der Waals surface area contributed by atoms with E-state index in [-0.39, 0.29) is 0 Å². The third-order valence-electron chi connectivity index (χ3n) is 2.26. The zero-order valence-corrected chi connectivity index (χ0v) is 9.19. The second-order valence-electron chi connectivity index (χ2n) is 3.36. The Hall–Kier alpha value is -0.830. The fraction of sp³-hybridized carbons (Fsp3) is 0.333. The van der Waals surface area contributed by atoms with Crippen molar-refractivity contribution in [2.45, 2.75) is 18.6 Å². The van der Waals surface area contributed by atoms with Crippen molar-refractivity contribution in [2.24, 2.45) is 0 Å². The number of alkyl halides is 1. The largest absolute Gasteiger partial charge is 0.390 e. The zero-order valence-electron chi connectivity index (χ0n) is 8.44. The topological polar surface area (TPSA) is 40.5 Å². The zero-order chi connectivity index (χ0) is 11.3. The molecule has 0 saturated carbocycles. The van der Waals surface area contributed by atoms with Crippen LogP contribution in [0.2, 0.25) is 0 Å². The summed E-state index contributed by atoms with van der Waals surface area (Å²) in [5.74, 6) is 0.333. The molecule has 0 heterocycles. The summed E-state index contributed by atoms with van der Waals surface area (Å²) in [6, 6.07) is 7.28. The summed E-state index contributed by atoms with van der Waals surface area (Å²) in [6.45, 7) is 3.65. The minimum Gasteiger partial charge on any atom is -0.390 e. The molecule has 1 aromatic carbocycles. The lowest BCUT2D eigenvalue weighted by molar-refractivity contribution is 0.0170. The third kappa shape index (κ3) is 3.34. The van der Waals surface area contributed by atoms with Gasteiger partial charge in [0.1, 0.15) is 6.10 Å². The first kappa shape index (κ1) is 12.2. The smallest absolute Gasteiger partial charge is 0.105 e. The average Bonchev–Trinajstić information content (AvgIpc) is 2.28. The van der Waals surface area contributed by atoms with Crippen molar-refractivity contribution >= 4 is 17.7 Å². The van der Waals surface area contributed by atoms with Crippen molar-refractivity contribution in [1.29, 1.82) is 0 Å². The van der Waals surface area contributed by atoms with Crippen LogP contribution in [0.3, 0.4) is 0 Å². The van der Waals surface area contributed by atoms with Gasteiger partial charge in [0.2, 0.25) is 0 Å². The molecule has 0 bridgehead atoms. The van der Waals surface area contributed by atoms with Crippen molar-refractivity contribution < 1.29 is 10.2 Å². The summed E-state index contributed by atoms with van der Waals surface area (Å²) >= 11 is 5.50. The molecule has 3 heteroatoms. The number of halogens is 1. The highest BCUT2D eigenvalue weighted by Crippen LogP contribution is 2.20. The van der Waals surface area contributed by atoms with E-state index in [0.717, 1.165) is 5.56 Å². The van der Waals surface area contributed by atoms with Gasteiger partial charge in [0.05, 0.1) is 6.10 Å². The first-order valence-corrected chi connectivity index (χ1v) is 5.37. The van der Waals surface area contributed by atoms with Crippen LogP contribution in [-0.2, 0) is 0 Å². The molecule has 2 unspecified atom stereocenters. The molecular weight excluding hydrogens is 212 g/mol. The fourth-order valence-electron chi connectivity index (χ4n) is 1.36. The predicted octanol–water partition coefficient (Wildman–Crippen LogP) is 2.35. The number of benzene rings is 1. The highest BCUT2D eigenvalue weighted by molar-refractivity contribution is 6.17. The maximum absolute atomic E-state index is 9.80. The number of aliphatic hydroxyl groups is 2. The maximum Gasteiger partial charge on any atom is 0.105 e. The Kier molecular flexibility index (Phi) is 4.82. The van der Waals surface area contributed by atoms with Gasteiger partial charge in [-0.2, -0.15) is 0 Å². The Balaban J connectivity index is 2.80. The molecule has 15 heavy (non-hydrogen) atoms. The Labute approximate surface area is 94.8 Å². The van der Waals surface area contributed by atoms with E-state index in [1.165, 1.54) is 0 Å². The van der Waals surface area contributed by atoms with Crippen LogP contribution >= 0.6 is 11.6 Å². The normalized spacial score (nSPS) is 14.6. The van der Waals surface area contributed by atoms with Gasteiger partial charge in [0.25, 0.3) is 0 Å². The van der Waals surface area contributed by atoms with Crippen LogP contribution in [0.1, 0.15) is 23.7 Å². The first-order chi connectivity index (χ1) is 7.19. The van der Waals surface area contributed by atoms with Gasteiger partial charge >= 0.3 is 0 Å². The summed E-state index contributed by atoms with van der Waals surface area (Å²) in [5.41, 5.74) is 1.61. The average molecular weight is 227 g/mol. The molecule has 1 rings (SSSR count). The van der Waals surface area contributed by atoms with Crippen molar-refractivity contribution in [3.8, 4) is 0 Å². The highest BCUT2D eigenvalue weighted by Gasteiger charge is 2.17. The van der Waals surface area contributed by atoms with Gasteiger partial charge in [0, 0.05) is 5.88 Å². The Morgan fingerprint density at radius 1 is 1.40 bits per heavy atom. The molecule has 0 aliphatic rings. The molecule has 2 N–H and O–H groups in total.